The van der Waals surface area contributed by atoms with Gasteiger partial charge in [-0.1, -0.05) is 0 Å². The molecule has 2 saturated heterocycles. The zero-order valence-electron chi connectivity index (χ0n) is 14.4. The molecule has 1 aromatic rings. The zero-order valence-corrected chi connectivity index (χ0v) is 14.4. The Labute approximate surface area is 143 Å². The summed E-state index contributed by atoms with van der Waals surface area (Å²) in [5.41, 5.74) is 0. The Morgan fingerprint density at radius 1 is 1.12 bits per heavy atom. The van der Waals surface area contributed by atoms with Gasteiger partial charge in [-0.15, -0.1) is 0 Å². The topological polar surface area (TPSA) is 77.3 Å². The number of likely N-dealkylation sites (tertiary alicyclic amines) is 2. The largest absolute Gasteiger partial charge is 0.324 e. The molecule has 0 aliphatic carbocycles. The van der Waals surface area contributed by atoms with Crippen LogP contribution in [0.1, 0.15) is 45.1 Å². The fourth-order valence-corrected chi connectivity index (χ4v) is 3.90. The molecule has 0 aromatic carbocycles. The van der Waals surface area contributed by atoms with Crippen LogP contribution in [0.4, 0.5) is 4.79 Å². The summed E-state index contributed by atoms with van der Waals surface area (Å²) in [6.07, 6.45) is 9.43. The van der Waals surface area contributed by atoms with Crippen molar-refractivity contribution in [3.05, 3.63) is 18.5 Å². The number of piperidine rings is 1. The van der Waals surface area contributed by atoms with Gasteiger partial charge in [-0.2, -0.15) is 5.10 Å². The van der Waals surface area contributed by atoms with E-state index in [1.165, 1.54) is 0 Å². The molecule has 1 unspecified atom stereocenters. The number of carbonyl (C=O) groups excluding carboxylic acids is 1. The van der Waals surface area contributed by atoms with Gasteiger partial charge in [0.1, 0.15) is 0 Å². The Morgan fingerprint density at radius 3 is 2.54 bits per heavy atom. The summed E-state index contributed by atoms with van der Waals surface area (Å²) in [6, 6.07) is 2.97. The highest BCUT2D eigenvalue weighted by Crippen LogP contribution is 2.26. The van der Waals surface area contributed by atoms with Crippen LogP contribution in [-0.4, -0.2) is 63.7 Å². The number of hydrogen-bond donors (Lipinski definition) is 2. The highest BCUT2D eigenvalue weighted by Gasteiger charge is 2.28. The lowest BCUT2D eigenvalue weighted by molar-refractivity contribution is 0.120. The Morgan fingerprint density at radius 2 is 1.88 bits per heavy atom. The van der Waals surface area contributed by atoms with E-state index in [4.69, 9.17) is 5.41 Å². The minimum atomic E-state index is -0.124. The summed E-state index contributed by atoms with van der Waals surface area (Å²) in [5, 5.41) is 14.4. The molecule has 2 aliphatic rings. The first kappa shape index (κ1) is 17.0. The van der Waals surface area contributed by atoms with Gasteiger partial charge in [0.25, 0.3) is 0 Å². The fourth-order valence-electron chi connectivity index (χ4n) is 3.90. The second-order valence-electron chi connectivity index (χ2n) is 6.88. The molecule has 7 nitrogen and oxygen atoms in total. The summed E-state index contributed by atoms with van der Waals surface area (Å²) in [4.78, 5) is 16.5. The van der Waals surface area contributed by atoms with Crippen LogP contribution in [0.2, 0.25) is 0 Å². The zero-order chi connectivity index (χ0) is 16.9. The first-order valence-corrected chi connectivity index (χ1v) is 8.98. The second kappa shape index (κ2) is 7.79. The van der Waals surface area contributed by atoms with E-state index < -0.39 is 0 Å². The van der Waals surface area contributed by atoms with Crippen molar-refractivity contribution in [2.24, 2.45) is 0 Å². The lowest BCUT2D eigenvalue weighted by Gasteiger charge is -2.37. The third-order valence-electron chi connectivity index (χ3n) is 5.19. The molecule has 2 fully saturated rings. The number of amides is 2. The average Bonchev–Trinajstić information content (AvgIpc) is 2.99. The number of aromatic nitrogens is 2. The maximum atomic E-state index is 12.1. The third-order valence-corrected chi connectivity index (χ3v) is 5.19. The van der Waals surface area contributed by atoms with E-state index in [0.29, 0.717) is 12.1 Å². The van der Waals surface area contributed by atoms with Gasteiger partial charge in [0.15, 0.2) is 0 Å². The highest BCUT2D eigenvalue weighted by atomic mass is 16.2. The number of carbonyl (C=O) groups is 1. The molecule has 24 heavy (non-hydrogen) atoms. The summed E-state index contributed by atoms with van der Waals surface area (Å²) < 4.78 is 2.09. The van der Waals surface area contributed by atoms with Crippen molar-refractivity contribution in [3.8, 4) is 0 Å². The maximum Gasteiger partial charge on any atom is 0.322 e. The minimum absolute atomic E-state index is 0.124. The number of rotatable bonds is 2. The molecule has 0 radical (unpaired) electrons. The van der Waals surface area contributed by atoms with Crippen LogP contribution in [-0.2, 0) is 0 Å². The Bertz CT molecular complexity index is 549. The van der Waals surface area contributed by atoms with Crippen molar-refractivity contribution in [3.63, 3.8) is 0 Å². The lowest BCUT2D eigenvalue weighted by Crippen LogP contribution is -2.44. The van der Waals surface area contributed by atoms with Crippen molar-refractivity contribution in [2.75, 3.05) is 26.2 Å². The van der Waals surface area contributed by atoms with Crippen LogP contribution in [0, 0.1) is 5.41 Å². The van der Waals surface area contributed by atoms with E-state index in [0.717, 1.165) is 58.3 Å². The van der Waals surface area contributed by atoms with Crippen LogP contribution in [0.25, 0.3) is 0 Å². The Hall–Kier alpha value is -1.89. The lowest BCUT2D eigenvalue weighted by atomic mass is 10.00. The quantitative estimate of drug-likeness (QED) is 0.643. The first-order chi connectivity index (χ1) is 11.6. The van der Waals surface area contributed by atoms with E-state index >= 15 is 0 Å². The summed E-state index contributed by atoms with van der Waals surface area (Å²) >= 11 is 0. The molecule has 1 atom stereocenters. The van der Waals surface area contributed by atoms with Gasteiger partial charge in [0, 0.05) is 44.6 Å². The standard InChI is InChI=1S/C17H28N6O/c1-14(18)20-17(24)22-9-2-4-15(5-13-22)21-11-6-16(7-12-21)23-10-3-8-19-23/h3,8,10,15-16H,2,4-7,9,11-13H2,1H3,(H2,18,20,24). The molecule has 0 bridgehead atoms. The summed E-state index contributed by atoms with van der Waals surface area (Å²) in [5.74, 6) is 0.210. The van der Waals surface area contributed by atoms with Gasteiger partial charge < -0.3 is 9.80 Å². The molecule has 3 heterocycles. The smallest absolute Gasteiger partial charge is 0.322 e. The van der Waals surface area contributed by atoms with Crippen molar-refractivity contribution >= 4 is 11.9 Å². The third kappa shape index (κ3) is 4.14. The number of nitrogens with zero attached hydrogens (tertiary/aromatic N) is 4. The van der Waals surface area contributed by atoms with E-state index in [-0.39, 0.29) is 11.9 Å². The molecular formula is C17H28N6O. The Balaban J connectivity index is 1.48. The molecule has 2 amide bonds. The van der Waals surface area contributed by atoms with Gasteiger partial charge in [-0.3, -0.25) is 15.4 Å². The van der Waals surface area contributed by atoms with Gasteiger partial charge in [0.2, 0.25) is 0 Å². The SMILES string of the molecule is CC(=N)NC(=O)N1CCCC(N2CCC(n3cccn3)CC2)CC1. The molecule has 3 rings (SSSR count). The van der Waals surface area contributed by atoms with Crippen LogP contribution in [0.15, 0.2) is 18.5 Å². The van der Waals surface area contributed by atoms with Crippen LogP contribution in [0.3, 0.4) is 0 Å². The normalized spacial score (nSPS) is 23.7. The van der Waals surface area contributed by atoms with Crippen molar-refractivity contribution in [1.82, 2.24) is 24.9 Å². The van der Waals surface area contributed by atoms with E-state index in [1.54, 1.807) is 6.92 Å². The van der Waals surface area contributed by atoms with E-state index in [1.807, 2.05) is 17.2 Å². The van der Waals surface area contributed by atoms with E-state index in [9.17, 15) is 4.79 Å². The molecule has 0 saturated carbocycles. The molecule has 2 N–H and O–H groups in total. The highest BCUT2D eigenvalue weighted by molar-refractivity contribution is 5.94. The van der Waals surface area contributed by atoms with Gasteiger partial charge >= 0.3 is 6.03 Å². The van der Waals surface area contributed by atoms with Gasteiger partial charge in [-0.25, -0.2) is 4.79 Å². The van der Waals surface area contributed by atoms with Crippen molar-refractivity contribution in [2.45, 2.75) is 51.1 Å². The molecule has 2 aliphatic heterocycles. The number of urea groups is 1. The van der Waals surface area contributed by atoms with Crippen molar-refractivity contribution in [1.29, 1.82) is 5.41 Å². The van der Waals surface area contributed by atoms with Crippen molar-refractivity contribution < 1.29 is 4.79 Å². The average molecular weight is 332 g/mol. The van der Waals surface area contributed by atoms with Crippen LogP contribution < -0.4 is 5.32 Å². The first-order valence-electron chi connectivity index (χ1n) is 8.98. The molecule has 0 spiro atoms. The van der Waals surface area contributed by atoms with E-state index in [2.05, 4.69) is 26.2 Å². The number of nitrogens with one attached hydrogen (secondary N) is 2. The Kier molecular flexibility index (Phi) is 5.50. The second-order valence-corrected chi connectivity index (χ2v) is 6.88. The van der Waals surface area contributed by atoms with Crippen LogP contribution >= 0.6 is 0 Å². The maximum absolute atomic E-state index is 12.1. The summed E-state index contributed by atoms with van der Waals surface area (Å²) in [7, 11) is 0. The molecule has 7 heteroatoms. The number of hydrogen-bond acceptors (Lipinski definition) is 4. The predicted octanol–water partition coefficient (Wildman–Crippen LogP) is 2.08. The fraction of sp³-hybridized carbons (Fsp3) is 0.706. The number of amidine groups is 1. The minimum Gasteiger partial charge on any atom is -0.324 e. The van der Waals surface area contributed by atoms with Gasteiger partial charge in [0.05, 0.1) is 11.9 Å². The van der Waals surface area contributed by atoms with Crippen LogP contribution in [0.5, 0.6) is 0 Å². The molecule has 1 aromatic heterocycles. The van der Waals surface area contributed by atoms with Gasteiger partial charge in [-0.05, 0) is 45.1 Å². The molecular weight excluding hydrogens is 304 g/mol. The monoisotopic (exact) mass is 332 g/mol. The molecule has 132 valence electrons. The predicted molar refractivity (Wildman–Crippen MR) is 93.2 cm³/mol. The summed E-state index contributed by atoms with van der Waals surface area (Å²) in [6.45, 7) is 5.40.